The molecule has 0 amide bonds. The van der Waals surface area contributed by atoms with E-state index in [0.717, 1.165) is 18.4 Å². The molecule has 1 aliphatic rings. The molecule has 3 nitrogen and oxygen atoms in total. The van der Waals surface area contributed by atoms with Crippen LogP contribution in [0.4, 0.5) is 0 Å². The van der Waals surface area contributed by atoms with Crippen LogP contribution in [0.15, 0.2) is 30.3 Å². The Morgan fingerprint density at radius 3 is 2.44 bits per heavy atom. The van der Waals surface area contributed by atoms with Gasteiger partial charge in [0.15, 0.2) is 0 Å². The van der Waals surface area contributed by atoms with Gasteiger partial charge in [-0.3, -0.25) is 0 Å². The lowest BCUT2D eigenvalue weighted by molar-refractivity contribution is 0.0399. The molecule has 0 N–H and O–H groups in total. The molecule has 1 saturated carbocycles. The van der Waals surface area contributed by atoms with E-state index in [1.165, 1.54) is 0 Å². The summed E-state index contributed by atoms with van der Waals surface area (Å²) in [4.78, 5) is 0. The molecule has 1 aromatic rings. The first-order chi connectivity index (χ1) is 8.53. The van der Waals surface area contributed by atoms with Crippen molar-refractivity contribution in [3.63, 3.8) is 0 Å². The number of hydrogen-bond donors (Lipinski definition) is 0. The highest BCUT2D eigenvalue weighted by Crippen LogP contribution is 2.35. The van der Waals surface area contributed by atoms with Gasteiger partial charge < -0.3 is 4.74 Å². The maximum Gasteiger partial charge on any atom is 0.232 e. The maximum absolute atomic E-state index is 10.9. The second-order valence-electron chi connectivity index (χ2n) is 4.91. The van der Waals surface area contributed by atoms with Crippen molar-refractivity contribution in [2.45, 2.75) is 19.4 Å². The topological polar surface area (TPSA) is 43.4 Å². The second-order valence-corrected chi connectivity index (χ2v) is 7.73. The highest BCUT2D eigenvalue weighted by molar-refractivity contribution is 8.13. The van der Waals surface area contributed by atoms with E-state index in [-0.39, 0.29) is 11.7 Å². The van der Waals surface area contributed by atoms with Gasteiger partial charge in [0.2, 0.25) is 9.05 Å². The van der Waals surface area contributed by atoms with Crippen LogP contribution in [0.25, 0.3) is 0 Å². The number of benzene rings is 1. The zero-order chi connectivity index (χ0) is 13.0. The van der Waals surface area contributed by atoms with Crippen molar-refractivity contribution in [3.8, 4) is 0 Å². The molecule has 5 heteroatoms. The van der Waals surface area contributed by atoms with Crippen LogP contribution in [-0.2, 0) is 20.4 Å². The van der Waals surface area contributed by atoms with Crippen LogP contribution in [0, 0.1) is 11.8 Å². The van der Waals surface area contributed by atoms with E-state index < -0.39 is 9.05 Å². The molecule has 0 aromatic heterocycles. The number of halogens is 1. The first-order valence-electron chi connectivity index (χ1n) is 6.07. The Balaban J connectivity index is 1.61. The molecule has 1 aliphatic carbocycles. The van der Waals surface area contributed by atoms with Crippen LogP contribution < -0.4 is 0 Å². The Hall–Kier alpha value is -0.580. The average Bonchev–Trinajstić information content (AvgIpc) is 2.25. The number of ether oxygens (including phenoxy) is 1. The highest BCUT2D eigenvalue weighted by Gasteiger charge is 2.32. The van der Waals surface area contributed by atoms with E-state index in [1.807, 2.05) is 30.3 Å². The molecule has 0 atom stereocenters. The van der Waals surface area contributed by atoms with Crippen molar-refractivity contribution in [2.24, 2.45) is 11.8 Å². The van der Waals surface area contributed by atoms with Gasteiger partial charge in [-0.25, -0.2) is 8.42 Å². The van der Waals surface area contributed by atoms with Crippen LogP contribution in [0.5, 0.6) is 0 Å². The summed E-state index contributed by atoms with van der Waals surface area (Å²) in [6, 6.07) is 10.0. The molecular weight excluding hydrogens is 272 g/mol. The molecule has 18 heavy (non-hydrogen) atoms. The molecule has 1 fully saturated rings. The van der Waals surface area contributed by atoms with Crippen LogP contribution in [0.1, 0.15) is 18.4 Å². The van der Waals surface area contributed by atoms with Crippen LogP contribution in [0.2, 0.25) is 0 Å². The average molecular weight is 289 g/mol. The third-order valence-corrected chi connectivity index (χ3v) is 4.48. The predicted octanol–water partition coefficient (Wildman–Crippen LogP) is 2.80. The van der Waals surface area contributed by atoms with Crippen molar-refractivity contribution in [3.05, 3.63) is 35.9 Å². The van der Waals surface area contributed by atoms with Gasteiger partial charge in [-0.15, -0.1) is 0 Å². The van der Waals surface area contributed by atoms with E-state index in [9.17, 15) is 8.42 Å². The Bertz CT molecular complexity index is 466. The molecule has 0 saturated heterocycles. The van der Waals surface area contributed by atoms with Gasteiger partial charge in [0.05, 0.1) is 12.4 Å². The van der Waals surface area contributed by atoms with E-state index in [1.54, 1.807) is 0 Å². The van der Waals surface area contributed by atoms with Gasteiger partial charge in [0.25, 0.3) is 0 Å². The van der Waals surface area contributed by atoms with Crippen molar-refractivity contribution < 1.29 is 13.2 Å². The van der Waals surface area contributed by atoms with Gasteiger partial charge in [-0.2, -0.15) is 0 Å². The molecule has 0 aliphatic heterocycles. The normalized spacial score (nSPS) is 23.6. The van der Waals surface area contributed by atoms with Gasteiger partial charge in [0, 0.05) is 17.3 Å². The quantitative estimate of drug-likeness (QED) is 0.756. The Morgan fingerprint density at radius 2 is 1.83 bits per heavy atom. The molecule has 2 rings (SSSR count). The third-order valence-electron chi connectivity index (χ3n) is 3.23. The lowest BCUT2D eigenvalue weighted by atomic mass is 9.76. The minimum atomic E-state index is -3.34. The zero-order valence-corrected chi connectivity index (χ0v) is 11.7. The van der Waals surface area contributed by atoms with Crippen LogP contribution in [0.3, 0.4) is 0 Å². The summed E-state index contributed by atoms with van der Waals surface area (Å²) >= 11 is 0. The third kappa shape index (κ3) is 4.59. The standard InChI is InChI=1S/C13H17ClO3S/c14-18(15,16)10-13-6-12(7-13)9-17-8-11-4-2-1-3-5-11/h1-5,12-13H,6-10H2. The van der Waals surface area contributed by atoms with E-state index in [2.05, 4.69) is 0 Å². The van der Waals surface area contributed by atoms with Crippen molar-refractivity contribution in [1.29, 1.82) is 0 Å². The summed E-state index contributed by atoms with van der Waals surface area (Å²) in [5.74, 6) is 0.805. The molecule has 100 valence electrons. The number of rotatable bonds is 6. The van der Waals surface area contributed by atoms with Crippen molar-refractivity contribution in [2.75, 3.05) is 12.4 Å². The summed E-state index contributed by atoms with van der Waals surface area (Å²) in [5.41, 5.74) is 1.16. The molecule has 0 radical (unpaired) electrons. The minimum absolute atomic E-state index is 0.101. The first kappa shape index (κ1) is 13.8. The second kappa shape index (κ2) is 6.04. The Labute approximate surface area is 113 Å². The molecule has 0 bridgehead atoms. The van der Waals surface area contributed by atoms with E-state index >= 15 is 0 Å². The fourth-order valence-electron chi connectivity index (χ4n) is 2.35. The Kier molecular flexibility index (Phi) is 4.65. The van der Waals surface area contributed by atoms with E-state index in [0.29, 0.717) is 19.1 Å². The van der Waals surface area contributed by atoms with Gasteiger partial charge in [-0.1, -0.05) is 30.3 Å². The summed E-state index contributed by atoms with van der Waals surface area (Å²) in [6.45, 7) is 1.32. The molecular formula is C13H17ClO3S. The van der Waals surface area contributed by atoms with E-state index in [4.69, 9.17) is 15.4 Å². The first-order valence-corrected chi connectivity index (χ1v) is 8.55. The summed E-state index contributed by atoms with van der Waals surface area (Å²) in [7, 11) is 1.87. The smallest absolute Gasteiger partial charge is 0.232 e. The number of hydrogen-bond acceptors (Lipinski definition) is 3. The maximum atomic E-state index is 10.9. The monoisotopic (exact) mass is 288 g/mol. The fourth-order valence-corrected chi connectivity index (χ4v) is 3.71. The molecule has 0 heterocycles. The largest absolute Gasteiger partial charge is 0.376 e. The lowest BCUT2D eigenvalue weighted by Crippen LogP contribution is -2.31. The molecule has 0 unspecified atom stereocenters. The predicted molar refractivity (Wildman–Crippen MR) is 72.0 cm³/mol. The summed E-state index contributed by atoms with van der Waals surface area (Å²) < 4.78 is 27.4. The molecule has 1 aromatic carbocycles. The molecule has 0 spiro atoms. The van der Waals surface area contributed by atoms with Crippen LogP contribution in [-0.4, -0.2) is 20.8 Å². The highest BCUT2D eigenvalue weighted by atomic mass is 35.7. The van der Waals surface area contributed by atoms with Crippen molar-refractivity contribution >= 4 is 19.7 Å². The SMILES string of the molecule is O=S(=O)(Cl)CC1CC(COCc2ccccc2)C1. The zero-order valence-electron chi connectivity index (χ0n) is 10.1. The van der Waals surface area contributed by atoms with Gasteiger partial charge in [-0.05, 0) is 30.2 Å². The van der Waals surface area contributed by atoms with Gasteiger partial charge in [0.1, 0.15) is 0 Å². The minimum Gasteiger partial charge on any atom is -0.376 e. The van der Waals surface area contributed by atoms with Crippen LogP contribution >= 0.6 is 10.7 Å². The lowest BCUT2D eigenvalue weighted by Gasteiger charge is -2.34. The van der Waals surface area contributed by atoms with Crippen molar-refractivity contribution in [1.82, 2.24) is 0 Å². The van der Waals surface area contributed by atoms with Gasteiger partial charge >= 0.3 is 0 Å². The summed E-state index contributed by atoms with van der Waals surface area (Å²) in [6.07, 6.45) is 1.81. The Morgan fingerprint density at radius 1 is 1.17 bits per heavy atom. The summed E-state index contributed by atoms with van der Waals surface area (Å²) in [5, 5.41) is 0. The fraction of sp³-hybridized carbons (Fsp3) is 0.538.